The second kappa shape index (κ2) is 4.63. The number of aliphatic hydroxyl groups excluding tert-OH is 1. The maximum Gasteiger partial charge on any atom is 0.0499 e. The zero-order chi connectivity index (χ0) is 10.7. The molecule has 1 aliphatic carbocycles. The van der Waals surface area contributed by atoms with E-state index < -0.39 is 0 Å². The molecule has 0 radical (unpaired) electrons. The molecule has 0 unspecified atom stereocenters. The molecule has 1 aliphatic rings. The van der Waals surface area contributed by atoms with E-state index >= 15 is 0 Å². The highest BCUT2D eigenvalue weighted by Crippen LogP contribution is 2.35. The van der Waals surface area contributed by atoms with Crippen molar-refractivity contribution in [2.75, 3.05) is 6.61 Å². The summed E-state index contributed by atoms with van der Waals surface area (Å²) in [5.74, 6) is 1.40. The lowest BCUT2D eigenvalue weighted by molar-refractivity contribution is 0.218. The molecule has 0 amide bonds. The summed E-state index contributed by atoms with van der Waals surface area (Å²) in [5.41, 5.74) is 1.35. The summed E-state index contributed by atoms with van der Waals surface area (Å²) in [6, 6.07) is 10.5. The van der Waals surface area contributed by atoms with Gasteiger partial charge < -0.3 is 5.11 Å². The lowest BCUT2D eigenvalue weighted by Gasteiger charge is -2.29. The van der Waals surface area contributed by atoms with E-state index in [-0.39, 0.29) is 6.61 Å². The molecule has 1 nitrogen and oxygen atoms in total. The highest BCUT2D eigenvalue weighted by molar-refractivity contribution is 5.23. The predicted molar refractivity (Wildman–Crippen MR) is 62.7 cm³/mol. The molecule has 0 heterocycles. The van der Waals surface area contributed by atoms with Gasteiger partial charge in [0.15, 0.2) is 0 Å². The molecule has 0 aromatic heterocycles. The Labute approximate surface area is 91.4 Å². The third-order valence-corrected chi connectivity index (χ3v) is 3.27. The van der Waals surface area contributed by atoms with Crippen LogP contribution in [0.2, 0.25) is 0 Å². The second-order valence-corrected chi connectivity index (χ2v) is 4.46. The summed E-state index contributed by atoms with van der Waals surface area (Å²) in [7, 11) is 0. The Morgan fingerprint density at radius 2 is 1.93 bits per heavy atom. The highest BCUT2D eigenvalue weighted by atomic mass is 16.3. The van der Waals surface area contributed by atoms with Crippen LogP contribution in [0, 0.1) is 11.8 Å². The zero-order valence-electron chi connectivity index (χ0n) is 9.13. The van der Waals surface area contributed by atoms with Gasteiger partial charge in [-0.15, -0.1) is 0 Å². The van der Waals surface area contributed by atoms with Gasteiger partial charge in [-0.05, 0) is 23.8 Å². The summed E-state index contributed by atoms with van der Waals surface area (Å²) in [6.45, 7) is 2.49. The molecular weight excluding hydrogens is 184 g/mol. The van der Waals surface area contributed by atoms with Crippen molar-refractivity contribution < 1.29 is 5.11 Å². The molecule has 1 aromatic rings. The summed E-state index contributed by atoms with van der Waals surface area (Å²) >= 11 is 0. The van der Waals surface area contributed by atoms with Crippen LogP contribution in [0.3, 0.4) is 0 Å². The lowest BCUT2D eigenvalue weighted by Crippen LogP contribution is -2.20. The van der Waals surface area contributed by atoms with Crippen molar-refractivity contribution in [1.82, 2.24) is 0 Å². The Kier molecular flexibility index (Phi) is 3.22. The molecule has 0 bridgehead atoms. The number of allylic oxidation sites excluding steroid dienone is 1. The van der Waals surface area contributed by atoms with Gasteiger partial charge in [-0.2, -0.15) is 0 Å². The number of hydrogen-bond acceptors (Lipinski definition) is 1. The monoisotopic (exact) mass is 202 g/mol. The van der Waals surface area contributed by atoms with Crippen molar-refractivity contribution in [3.8, 4) is 0 Å². The minimum absolute atomic E-state index is 0.253. The van der Waals surface area contributed by atoms with Gasteiger partial charge in [0.25, 0.3) is 0 Å². The summed E-state index contributed by atoms with van der Waals surface area (Å²) in [4.78, 5) is 0. The second-order valence-electron chi connectivity index (χ2n) is 4.46. The minimum Gasteiger partial charge on any atom is -0.396 e. The van der Waals surface area contributed by atoms with E-state index in [4.69, 9.17) is 0 Å². The van der Waals surface area contributed by atoms with Crippen LogP contribution in [0.1, 0.15) is 24.8 Å². The van der Waals surface area contributed by atoms with Crippen molar-refractivity contribution in [2.24, 2.45) is 11.8 Å². The average molecular weight is 202 g/mol. The van der Waals surface area contributed by atoms with E-state index in [1.165, 1.54) is 5.56 Å². The largest absolute Gasteiger partial charge is 0.396 e. The van der Waals surface area contributed by atoms with Gasteiger partial charge in [-0.3, -0.25) is 0 Å². The van der Waals surface area contributed by atoms with E-state index in [2.05, 4.69) is 43.3 Å². The summed E-state index contributed by atoms with van der Waals surface area (Å²) in [5, 5.41) is 9.36. The van der Waals surface area contributed by atoms with Gasteiger partial charge in [0, 0.05) is 12.5 Å². The quantitative estimate of drug-likeness (QED) is 0.731. The van der Waals surface area contributed by atoms with Crippen LogP contribution >= 0.6 is 0 Å². The van der Waals surface area contributed by atoms with Gasteiger partial charge in [-0.1, -0.05) is 49.4 Å². The molecule has 1 N–H and O–H groups in total. The Morgan fingerprint density at radius 3 is 2.60 bits per heavy atom. The van der Waals surface area contributed by atoms with Crippen LogP contribution < -0.4 is 0 Å². The fourth-order valence-corrected chi connectivity index (χ4v) is 2.39. The molecule has 2 rings (SSSR count). The molecule has 0 spiro atoms. The number of aliphatic hydroxyl groups is 1. The van der Waals surface area contributed by atoms with Gasteiger partial charge in [0.2, 0.25) is 0 Å². The third kappa shape index (κ3) is 2.29. The van der Waals surface area contributed by atoms with Crippen molar-refractivity contribution >= 4 is 0 Å². The van der Waals surface area contributed by atoms with Crippen LogP contribution in [-0.2, 0) is 0 Å². The normalized spacial score (nSPS) is 30.4. The molecule has 3 atom stereocenters. The molecule has 0 aliphatic heterocycles. The van der Waals surface area contributed by atoms with Gasteiger partial charge in [0.1, 0.15) is 0 Å². The first-order valence-electron chi connectivity index (χ1n) is 5.65. The van der Waals surface area contributed by atoms with E-state index in [1.54, 1.807) is 0 Å². The fraction of sp³-hybridized carbons (Fsp3) is 0.429. The highest BCUT2D eigenvalue weighted by Gasteiger charge is 2.25. The molecule has 15 heavy (non-hydrogen) atoms. The molecule has 80 valence electrons. The van der Waals surface area contributed by atoms with Crippen LogP contribution in [0.4, 0.5) is 0 Å². The molecular formula is C14H18O. The fourth-order valence-electron chi connectivity index (χ4n) is 2.39. The van der Waals surface area contributed by atoms with Crippen molar-refractivity contribution in [3.63, 3.8) is 0 Å². The SMILES string of the molecule is C[C@@H]1C=C[C@H](CO)[C@H](c2ccccc2)C1. The van der Waals surface area contributed by atoms with Crippen molar-refractivity contribution in [1.29, 1.82) is 0 Å². The lowest BCUT2D eigenvalue weighted by atomic mass is 9.76. The number of benzene rings is 1. The van der Waals surface area contributed by atoms with E-state index in [1.807, 2.05) is 6.07 Å². The molecule has 0 saturated carbocycles. The molecule has 1 aromatic carbocycles. The Balaban J connectivity index is 2.24. The molecule has 0 saturated heterocycles. The standard InChI is InChI=1S/C14H18O/c1-11-7-8-13(10-15)14(9-11)12-5-3-2-4-6-12/h2-8,11,13-15H,9-10H2,1H3/t11-,13-,14+/m1/s1. The van der Waals surface area contributed by atoms with Gasteiger partial charge in [0.05, 0.1) is 0 Å². The minimum atomic E-state index is 0.253. The summed E-state index contributed by atoms with van der Waals surface area (Å²) < 4.78 is 0. The zero-order valence-corrected chi connectivity index (χ0v) is 9.13. The van der Waals surface area contributed by atoms with Gasteiger partial charge in [-0.25, -0.2) is 0 Å². The third-order valence-electron chi connectivity index (χ3n) is 3.27. The summed E-state index contributed by atoms with van der Waals surface area (Å²) in [6.07, 6.45) is 5.54. The van der Waals surface area contributed by atoms with E-state index in [0.717, 1.165) is 6.42 Å². The maximum atomic E-state index is 9.36. The van der Waals surface area contributed by atoms with Crippen molar-refractivity contribution in [2.45, 2.75) is 19.3 Å². The number of hydrogen-bond donors (Lipinski definition) is 1. The smallest absolute Gasteiger partial charge is 0.0499 e. The first-order valence-corrected chi connectivity index (χ1v) is 5.65. The van der Waals surface area contributed by atoms with Gasteiger partial charge >= 0.3 is 0 Å². The topological polar surface area (TPSA) is 20.2 Å². The van der Waals surface area contributed by atoms with Crippen LogP contribution in [0.15, 0.2) is 42.5 Å². The molecule has 1 heteroatoms. The Hall–Kier alpha value is -1.08. The maximum absolute atomic E-state index is 9.36. The Morgan fingerprint density at radius 1 is 1.20 bits per heavy atom. The van der Waals surface area contributed by atoms with Crippen LogP contribution in [0.5, 0.6) is 0 Å². The predicted octanol–water partition coefficient (Wildman–Crippen LogP) is 2.97. The first kappa shape index (κ1) is 10.4. The van der Waals surface area contributed by atoms with E-state index in [0.29, 0.717) is 17.8 Å². The van der Waals surface area contributed by atoms with Crippen LogP contribution in [0.25, 0.3) is 0 Å². The Bertz CT molecular complexity index is 328. The number of rotatable bonds is 2. The van der Waals surface area contributed by atoms with Crippen molar-refractivity contribution in [3.05, 3.63) is 48.0 Å². The molecule has 0 fully saturated rings. The van der Waals surface area contributed by atoms with E-state index in [9.17, 15) is 5.11 Å². The van der Waals surface area contributed by atoms with Crippen LogP contribution in [-0.4, -0.2) is 11.7 Å². The average Bonchev–Trinajstić information content (AvgIpc) is 2.30. The first-order chi connectivity index (χ1) is 7.31.